The summed E-state index contributed by atoms with van der Waals surface area (Å²) in [5, 5.41) is 0. The Hall–Kier alpha value is 1.49. The summed E-state index contributed by atoms with van der Waals surface area (Å²) in [4.78, 5) is 0. The molecule has 0 aromatic carbocycles. The molecule has 0 unspecified atom stereocenters. The molecule has 0 heterocycles. The first-order chi connectivity index (χ1) is 0. The number of rotatable bonds is 0. The Bertz CT molecular complexity index is 6.85. The van der Waals surface area contributed by atoms with Crippen molar-refractivity contribution < 1.29 is 58.1 Å². The van der Waals surface area contributed by atoms with Crippen molar-refractivity contribution in [1.82, 2.24) is 0 Å². The SMILES string of the molecule is [Cl-].[Cl-].[Cl-].[HH].[Ru+3]. The molecule has 0 fully saturated rings. The zero-order chi connectivity index (χ0) is 0. The third-order valence-corrected chi connectivity index (χ3v) is 0. The van der Waals surface area contributed by atoms with E-state index in [9.17, 15) is 0 Å². The topological polar surface area (TPSA) is 0 Å². The van der Waals surface area contributed by atoms with Crippen molar-refractivity contribution in [3.05, 3.63) is 0 Å². The monoisotopic (exact) mass is 209 g/mol. The van der Waals surface area contributed by atoms with Crippen LogP contribution < -0.4 is 37.2 Å². The number of hydrogen-bond acceptors (Lipinski definition) is 0. The van der Waals surface area contributed by atoms with Crippen LogP contribution in [0.2, 0.25) is 0 Å². The quantitative estimate of drug-likeness (QED) is 0.348. The van der Waals surface area contributed by atoms with E-state index in [4.69, 9.17) is 0 Å². The van der Waals surface area contributed by atoms with Gasteiger partial charge in [0.15, 0.2) is 0 Å². The zero-order valence-corrected chi connectivity index (χ0v) is 5.49. The fraction of sp³-hybridized carbons (Fsp3) is 0. The summed E-state index contributed by atoms with van der Waals surface area (Å²) >= 11 is 0. The van der Waals surface area contributed by atoms with Gasteiger partial charge in [-0.2, -0.15) is 0 Å². The minimum atomic E-state index is 0. The van der Waals surface area contributed by atoms with E-state index in [0.29, 0.717) is 0 Å². The van der Waals surface area contributed by atoms with E-state index in [1.807, 2.05) is 0 Å². The van der Waals surface area contributed by atoms with Crippen LogP contribution in [-0.2, 0) is 19.5 Å². The van der Waals surface area contributed by atoms with Crippen molar-refractivity contribution in [2.75, 3.05) is 0 Å². The zero-order valence-electron chi connectivity index (χ0n) is 1.49. The van der Waals surface area contributed by atoms with E-state index in [1.165, 1.54) is 0 Å². The standard InChI is InChI=1S/3ClH.Ru.H2/h3*1H;;1H/q;;;+3;/p-3. The summed E-state index contributed by atoms with van der Waals surface area (Å²) in [7, 11) is 0. The van der Waals surface area contributed by atoms with Crippen LogP contribution in [0.15, 0.2) is 0 Å². The average Bonchev–Trinajstić information content (AvgIpc) is 0. The second kappa shape index (κ2) is 24.6. The normalized spacial score (nSPS) is 0. The van der Waals surface area contributed by atoms with Crippen LogP contribution in [0.1, 0.15) is 1.43 Å². The molecule has 0 rings (SSSR count). The van der Waals surface area contributed by atoms with Gasteiger partial charge in [0.2, 0.25) is 0 Å². The van der Waals surface area contributed by atoms with E-state index in [0.717, 1.165) is 0 Å². The van der Waals surface area contributed by atoms with Crippen molar-refractivity contribution in [2.45, 2.75) is 0 Å². The maximum Gasteiger partial charge on any atom is 3.00 e. The third kappa shape index (κ3) is 9.74. The van der Waals surface area contributed by atoms with Crippen molar-refractivity contribution in [3.63, 3.8) is 0 Å². The van der Waals surface area contributed by atoms with E-state index in [-0.39, 0.29) is 58.1 Å². The Morgan fingerprint density at radius 3 is 0.750 bits per heavy atom. The molecule has 0 atom stereocenters. The van der Waals surface area contributed by atoms with Gasteiger partial charge in [-0.15, -0.1) is 0 Å². The van der Waals surface area contributed by atoms with Gasteiger partial charge in [-0.25, -0.2) is 0 Å². The molecule has 0 saturated heterocycles. The first kappa shape index (κ1) is 49.7. The van der Waals surface area contributed by atoms with Gasteiger partial charge in [0, 0.05) is 1.43 Å². The molecule has 4 heteroatoms. The summed E-state index contributed by atoms with van der Waals surface area (Å²) in [6, 6.07) is 0. The number of halogens is 3. The summed E-state index contributed by atoms with van der Waals surface area (Å²) in [6.45, 7) is 0. The predicted octanol–water partition coefficient (Wildman–Crippen LogP) is -8.74. The van der Waals surface area contributed by atoms with Crippen molar-refractivity contribution in [1.29, 1.82) is 0 Å². The molecule has 0 saturated carbocycles. The Labute approximate surface area is 58.2 Å². The van der Waals surface area contributed by atoms with Crippen LogP contribution in [0.5, 0.6) is 0 Å². The molecule has 0 aromatic heterocycles. The molecule has 0 aliphatic heterocycles. The van der Waals surface area contributed by atoms with Gasteiger partial charge in [0.1, 0.15) is 0 Å². The van der Waals surface area contributed by atoms with Crippen molar-refractivity contribution in [3.8, 4) is 0 Å². The first-order valence-corrected chi connectivity index (χ1v) is 0. The molecular formula is H2Cl3Ru. The Morgan fingerprint density at radius 2 is 0.750 bits per heavy atom. The van der Waals surface area contributed by atoms with Crippen molar-refractivity contribution >= 4 is 0 Å². The van der Waals surface area contributed by atoms with Crippen LogP contribution in [0.25, 0.3) is 0 Å². The molecule has 0 spiro atoms. The van der Waals surface area contributed by atoms with Gasteiger partial charge in [0.05, 0.1) is 0 Å². The molecule has 4 heavy (non-hydrogen) atoms. The molecule has 31 valence electrons. The molecule has 0 nitrogen and oxygen atoms in total. The maximum absolute atomic E-state index is 0. The van der Waals surface area contributed by atoms with Crippen LogP contribution in [-0.4, -0.2) is 0 Å². The van der Waals surface area contributed by atoms with Crippen LogP contribution in [0.4, 0.5) is 0 Å². The fourth-order valence-electron chi connectivity index (χ4n) is 0. The summed E-state index contributed by atoms with van der Waals surface area (Å²) < 4.78 is 0. The molecule has 0 aliphatic rings. The smallest absolute Gasteiger partial charge is 1.00 e. The van der Waals surface area contributed by atoms with E-state index in [2.05, 4.69) is 0 Å². The molecule has 0 N–H and O–H groups in total. The number of hydrogen-bond donors (Lipinski definition) is 0. The average molecular weight is 209 g/mol. The molecule has 0 bridgehead atoms. The first-order valence-electron chi connectivity index (χ1n) is 0. The molecule has 0 amide bonds. The third-order valence-electron chi connectivity index (χ3n) is 0. The van der Waals surface area contributed by atoms with Gasteiger partial charge in [-0.3, -0.25) is 0 Å². The minimum absolute atomic E-state index is 0. The Kier molecular flexibility index (Phi) is 306. The van der Waals surface area contributed by atoms with E-state index < -0.39 is 0 Å². The van der Waals surface area contributed by atoms with Crippen molar-refractivity contribution in [2.24, 2.45) is 0 Å². The largest absolute Gasteiger partial charge is 3.00 e. The summed E-state index contributed by atoms with van der Waals surface area (Å²) in [5.74, 6) is 0. The van der Waals surface area contributed by atoms with Gasteiger partial charge < -0.3 is 37.2 Å². The van der Waals surface area contributed by atoms with Gasteiger partial charge in [-0.1, -0.05) is 0 Å². The van der Waals surface area contributed by atoms with Gasteiger partial charge in [0.25, 0.3) is 0 Å². The van der Waals surface area contributed by atoms with Gasteiger partial charge in [-0.05, 0) is 0 Å². The van der Waals surface area contributed by atoms with Crippen LogP contribution >= 0.6 is 0 Å². The Morgan fingerprint density at radius 1 is 0.750 bits per heavy atom. The molecule has 1 radical (unpaired) electrons. The Balaban J connectivity index is 0. The van der Waals surface area contributed by atoms with Crippen LogP contribution in [0, 0.1) is 0 Å². The fourth-order valence-corrected chi connectivity index (χ4v) is 0. The van der Waals surface area contributed by atoms with Crippen LogP contribution in [0.3, 0.4) is 0 Å². The molecular weight excluding hydrogens is 207 g/mol. The minimum Gasteiger partial charge on any atom is -1.00 e. The molecule has 0 aromatic rings. The predicted molar refractivity (Wildman–Crippen MR) is 2.11 cm³/mol. The molecule has 0 aliphatic carbocycles. The van der Waals surface area contributed by atoms with E-state index in [1.54, 1.807) is 0 Å². The summed E-state index contributed by atoms with van der Waals surface area (Å²) in [5.41, 5.74) is 0. The maximum atomic E-state index is 0. The van der Waals surface area contributed by atoms with E-state index >= 15 is 0 Å². The van der Waals surface area contributed by atoms with Gasteiger partial charge >= 0.3 is 19.5 Å². The summed E-state index contributed by atoms with van der Waals surface area (Å²) in [6.07, 6.45) is 0. The second-order valence-corrected chi connectivity index (χ2v) is 0. The second-order valence-electron chi connectivity index (χ2n) is 0.